The van der Waals surface area contributed by atoms with Gasteiger partial charge in [0.15, 0.2) is 0 Å². The summed E-state index contributed by atoms with van der Waals surface area (Å²) in [6.07, 6.45) is 0. The normalized spacial score (nSPS) is 10.9. The Labute approximate surface area is 164 Å². The Morgan fingerprint density at radius 2 is 1.74 bits per heavy atom. The molecule has 4 aromatic rings. The van der Waals surface area contributed by atoms with Gasteiger partial charge in [-0.3, -0.25) is 4.79 Å². The molecule has 4 rings (SSSR count). The Kier molecular flexibility index (Phi) is 5.18. The zero-order valence-electron chi connectivity index (χ0n) is 14.2. The van der Waals surface area contributed by atoms with Crippen molar-refractivity contribution in [2.75, 3.05) is 11.1 Å². The van der Waals surface area contributed by atoms with Crippen LogP contribution in [0.2, 0.25) is 0 Å². The lowest BCUT2D eigenvalue weighted by Crippen LogP contribution is -2.14. The first-order valence-corrected chi connectivity index (χ1v) is 10.1. The molecule has 0 radical (unpaired) electrons. The van der Waals surface area contributed by atoms with Crippen molar-refractivity contribution in [1.29, 1.82) is 0 Å². The summed E-state index contributed by atoms with van der Waals surface area (Å²) in [6.45, 7) is 0. The molecule has 0 unspecified atom stereocenters. The fourth-order valence-corrected chi connectivity index (χ4v) is 4.34. The van der Waals surface area contributed by atoms with E-state index < -0.39 is 0 Å². The molecule has 134 valence electrons. The molecule has 1 heterocycles. The zero-order chi connectivity index (χ0) is 18.6. The molecule has 27 heavy (non-hydrogen) atoms. The van der Waals surface area contributed by atoms with E-state index in [1.807, 2.05) is 48.5 Å². The minimum atomic E-state index is -0.284. The van der Waals surface area contributed by atoms with E-state index in [1.54, 1.807) is 23.5 Å². The number of rotatable bonds is 5. The molecular weight excluding hydrogens is 379 g/mol. The molecule has 0 aliphatic heterocycles. The predicted molar refractivity (Wildman–Crippen MR) is 111 cm³/mol. The number of para-hydroxylation sites is 2. The van der Waals surface area contributed by atoms with Crippen LogP contribution in [0.25, 0.3) is 20.8 Å². The van der Waals surface area contributed by atoms with Crippen LogP contribution in [0.5, 0.6) is 0 Å². The second kappa shape index (κ2) is 7.90. The van der Waals surface area contributed by atoms with Crippen LogP contribution in [0.3, 0.4) is 0 Å². The number of carbonyl (C=O) groups excluding carboxylic acids is 1. The summed E-state index contributed by atoms with van der Waals surface area (Å²) in [6, 6.07) is 21.8. The molecule has 0 spiro atoms. The van der Waals surface area contributed by atoms with Gasteiger partial charge in [0, 0.05) is 10.5 Å². The van der Waals surface area contributed by atoms with Crippen molar-refractivity contribution in [2.24, 2.45) is 0 Å². The first-order valence-electron chi connectivity index (χ1n) is 8.32. The first kappa shape index (κ1) is 17.7. The Balaban J connectivity index is 1.50. The Morgan fingerprint density at radius 3 is 2.56 bits per heavy atom. The number of hydrogen-bond donors (Lipinski definition) is 1. The van der Waals surface area contributed by atoms with Crippen LogP contribution >= 0.6 is 23.1 Å². The number of nitrogens with zero attached hydrogens (tertiary/aromatic N) is 1. The lowest BCUT2D eigenvalue weighted by atomic mass is 10.2. The largest absolute Gasteiger partial charge is 0.325 e. The number of aromatic nitrogens is 1. The van der Waals surface area contributed by atoms with Crippen LogP contribution in [0.4, 0.5) is 10.1 Å². The van der Waals surface area contributed by atoms with Crippen LogP contribution in [0.15, 0.2) is 77.7 Å². The van der Waals surface area contributed by atoms with Crippen LogP contribution in [0, 0.1) is 5.82 Å². The van der Waals surface area contributed by atoms with E-state index in [9.17, 15) is 9.18 Å². The Morgan fingerprint density at radius 1 is 1.00 bits per heavy atom. The summed E-state index contributed by atoms with van der Waals surface area (Å²) in [5.41, 5.74) is 2.59. The van der Waals surface area contributed by atoms with Gasteiger partial charge in [-0.05, 0) is 48.5 Å². The molecule has 6 heteroatoms. The number of anilines is 1. The van der Waals surface area contributed by atoms with Gasteiger partial charge >= 0.3 is 0 Å². The first-order chi connectivity index (χ1) is 13.2. The van der Waals surface area contributed by atoms with Crippen molar-refractivity contribution < 1.29 is 9.18 Å². The van der Waals surface area contributed by atoms with Crippen LogP contribution < -0.4 is 5.32 Å². The summed E-state index contributed by atoms with van der Waals surface area (Å²) < 4.78 is 14.1. The highest BCUT2D eigenvalue weighted by Gasteiger charge is 2.12. The molecule has 0 aliphatic carbocycles. The maximum Gasteiger partial charge on any atom is 0.234 e. The lowest BCUT2D eigenvalue weighted by Gasteiger charge is -2.09. The third kappa shape index (κ3) is 4.18. The number of benzene rings is 3. The van der Waals surface area contributed by atoms with Gasteiger partial charge in [-0.1, -0.05) is 24.3 Å². The average molecular weight is 394 g/mol. The van der Waals surface area contributed by atoms with E-state index in [-0.39, 0.29) is 17.5 Å². The SMILES string of the molecule is O=C(CSc1ccc(F)cc1)Nc1ccccc1-c1nc2ccccc2s1. The maximum absolute atomic E-state index is 13.0. The van der Waals surface area contributed by atoms with Crippen molar-refractivity contribution in [3.8, 4) is 10.6 Å². The van der Waals surface area contributed by atoms with Crippen LogP contribution in [-0.2, 0) is 4.79 Å². The summed E-state index contributed by atoms with van der Waals surface area (Å²) in [4.78, 5) is 17.9. The molecule has 3 nitrogen and oxygen atoms in total. The van der Waals surface area contributed by atoms with E-state index in [2.05, 4.69) is 10.3 Å². The highest BCUT2D eigenvalue weighted by atomic mass is 32.2. The number of amides is 1. The molecule has 1 N–H and O–H groups in total. The monoisotopic (exact) mass is 394 g/mol. The van der Waals surface area contributed by atoms with Gasteiger partial charge in [0.1, 0.15) is 10.8 Å². The molecule has 3 aromatic carbocycles. The number of halogens is 1. The number of fused-ring (bicyclic) bond motifs is 1. The van der Waals surface area contributed by atoms with Gasteiger partial charge < -0.3 is 5.32 Å². The number of hydrogen-bond acceptors (Lipinski definition) is 4. The quantitative estimate of drug-likeness (QED) is 0.433. The highest BCUT2D eigenvalue weighted by Crippen LogP contribution is 2.34. The van der Waals surface area contributed by atoms with Gasteiger partial charge in [-0.2, -0.15) is 0 Å². The standard InChI is InChI=1S/C21H15FN2OS2/c22-14-9-11-15(12-10-14)26-13-20(25)23-17-6-2-1-5-16(17)21-24-18-7-3-4-8-19(18)27-21/h1-12H,13H2,(H,23,25). The number of thioether (sulfide) groups is 1. The van der Waals surface area contributed by atoms with Gasteiger partial charge in [0.05, 0.1) is 21.7 Å². The smallest absolute Gasteiger partial charge is 0.234 e. The van der Waals surface area contributed by atoms with Crippen molar-refractivity contribution >= 4 is 44.9 Å². The second-order valence-corrected chi connectivity index (χ2v) is 7.90. The molecule has 0 atom stereocenters. The Bertz CT molecular complexity index is 1060. The third-order valence-corrected chi connectivity index (χ3v) is 5.99. The molecule has 1 aromatic heterocycles. The van der Waals surface area contributed by atoms with Crippen molar-refractivity contribution in [3.05, 3.63) is 78.6 Å². The molecule has 0 saturated heterocycles. The fourth-order valence-electron chi connectivity index (χ4n) is 2.63. The summed E-state index contributed by atoms with van der Waals surface area (Å²) in [5.74, 6) is -0.147. The molecule has 1 amide bonds. The molecular formula is C21H15FN2OS2. The van der Waals surface area contributed by atoms with E-state index >= 15 is 0 Å². The van der Waals surface area contributed by atoms with Gasteiger partial charge in [0.2, 0.25) is 5.91 Å². The summed E-state index contributed by atoms with van der Waals surface area (Å²) in [7, 11) is 0. The maximum atomic E-state index is 13.0. The van der Waals surface area contributed by atoms with Crippen molar-refractivity contribution in [3.63, 3.8) is 0 Å². The van der Waals surface area contributed by atoms with Crippen molar-refractivity contribution in [2.45, 2.75) is 4.90 Å². The van der Waals surface area contributed by atoms with E-state index in [4.69, 9.17) is 0 Å². The van der Waals surface area contributed by atoms with Gasteiger partial charge in [-0.15, -0.1) is 23.1 Å². The minimum absolute atomic E-state index is 0.113. The summed E-state index contributed by atoms with van der Waals surface area (Å²) in [5, 5.41) is 3.84. The van der Waals surface area contributed by atoms with Crippen molar-refractivity contribution in [1.82, 2.24) is 4.98 Å². The zero-order valence-corrected chi connectivity index (χ0v) is 15.8. The average Bonchev–Trinajstić information content (AvgIpc) is 3.12. The molecule has 0 saturated carbocycles. The molecule has 0 fully saturated rings. The van der Waals surface area contributed by atoms with Gasteiger partial charge in [0.25, 0.3) is 0 Å². The minimum Gasteiger partial charge on any atom is -0.325 e. The molecule has 0 bridgehead atoms. The second-order valence-electron chi connectivity index (χ2n) is 5.82. The lowest BCUT2D eigenvalue weighted by molar-refractivity contribution is -0.113. The fraction of sp³-hybridized carbons (Fsp3) is 0.0476. The Hall–Kier alpha value is -2.70. The van der Waals surface area contributed by atoms with E-state index in [0.717, 1.165) is 31.4 Å². The topological polar surface area (TPSA) is 42.0 Å². The van der Waals surface area contributed by atoms with E-state index in [1.165, 1.54) is 23.9 Å². The van der Waals surface area contributed by atoms with Gasteiger partial charge in [-0.25, -0.2) is 9.37 Å². The predicted octanol–water partition coefficient (Wildman–Crippen LogP) is 5.83. The number of carbonyl (C=O) groups is 1. The number of thiazole rings is 1. The van der Waals surface area contributed by atoms with Crippen LogP contribution in [0.1, 0.15) is 0 Å². The van der Waals surface area contributed by atoms with Crippen LogP contribution in [-0.4, -0.2) is 16.6 Å². The highest BCUT2D eigenvalue weighted by molar-refractivity contribution is 8.00. The van der Waals surface area contributed by atoms with E-state index in [0.29, 0.717) is 0 Å². The molecule has 0 aliphatic rings. The number of nitrogens with one attached hydrogen (secondary N) is 1. The third-order valence-electron chi connectivity index (χ3n) is 3.91. The summed E-state index contributed by atoms with van der Waals surface area (Å²) >= 11 is 2.97.